The van der Waals surface area contributed by atoms with Crippen molar-refractivity contribution in [3.63, 3.8) is 0 Å². The molecule has 0 bridgehead atoms. The van der Waals surface area contributed by atoms with Crippen LogP contribution in [0.25, 0.3) is 0 Å². The van der Waals surface area contributed by atoms with Gasteiger partial charge in [-0.3, -0.25) is 0 Å². The zero-order valence-corrected chi connectivity index (χ0v) is 2.00. The molecule has 4 heavy (non-hydrogen) atoms. The molecule has 0 atom stereocenters. The van der Waals surface area contributed by atoms with E-state index in [0.29, 0.717) is 0 Å². The Labute approximate surface area is 49.0 Å². The van der Waals surface area contributed by atoms with Crippen molar-refractivity contribution in [3.05, 3.63) is 0 Å². The summed E-state index contributed by atoms with van der Waals surface area (Å²) in [6.07, 6.45) is 0. The number of rotatable bonds is 0. The molecule has 0 unspecified atom stereocenters. The first-order valence-corrected chi connectivity index (χ1v) is 0. The predicted octanol–water partition coefficient (Wildman–Crippen LogP) is -5.72. The van der Waals surface area contributed by atoms with Crippen molar-refractivity contribution in [2.45, 2.75) is 0 Å². The summed E-state index contributed by atoms with van der Waals surface area (Å²) in [5, 5.41) is 0. The molecule has 0 spiro atoms. The van der Waals surface area contributed by atoms with E-state index in [1.807, 2.05) is 0 Å². The van der Waals surface area contributed by atoms with Crippen LogP contribution in [-0.2, 0) is 0 Å². The van der Waals surface area contributed by atoms with Crippen LogP contribution in [0.5, 0.6) is 0 Å². The minimum absolute atomic E-state index is 0. The van der Waals surface area contributed by atoms with E-state index in [0.717, 1.165) is 0 Å². The topological polar surface area (TPSA) is 63.0 Å². The van der Waals surface area contributed by atoms with Gasteiger partial charge in [0, 0.05) is 0 Å². The summed E-state index contributed by atoms with van der Waals surface area (Å²) in [6.45, 7) is 0. The second-order valence-electron chi connectivity index (χ2n) is 0. The molecule has 0 aromatic rings. The van der Waals surface area contributed by atoms with Crippen LogP contribution in [-0.4, -0.2) is 28.3 Å². The Balaban J connectivity index is 0. The Morgan fingerprint density at radius 1 is 1.00 bits per heavy atom. The third kappa shape index (κ3) is 11.6. The van der Waals surface area contributed by atoms with E-state index in [-0.39, 0.29) is 48.6 Å². The zero-order chi connectivity index (χ0) is 0. The largest absolute Gasteiger partial charge is 1.00 e. The van der Waals surface area contributed by atoms with Crippen LogP contribution in [0.4, 0.5) is 0 Å². The van der Waals surface area contributed by atoms with E-state index in [1.54, 1.807) is 0 Å². The molecular formula is H8AlLiO2. The third-order valence-corrected chi connectivity index (χ3v) is 0. The minimum atomic E-state index is 0. The molecule has 2 nitrogen and oxygen atoms in total. The van der Waals surface area contributed by atoms with Gasteiger partial charge < -0.3 is 12.4 Å². The average Bonchev–Trinajstić information content (AvgIpc) is 0. The van der Waals surface area contributed by atoms with Gasteiger partial charge in [-0.2, -0.15) is 0 Å². The fraction of sp³-hybridized carbons (Fsp3) is 0. The van der Waals surface area contributed by atoms with Crippen LogP contribution in [0.2, 0.25) is 0 Å². The third-order valence-electron chi connectivity index (χ3n) is 0. The smallest absolute Gasteiger partial charge is 1.00 e. The van der Waals surface area contributed by atoms with Gasteiger partial charge in [0.1, 0.15) is 0 Å². The van der Waals surface area contributed by atoms with Gasteiger partial charge in [-0.1, -0.05) is 0 Å². The molecule has 0 aliphatic rings. The van der Waals surface area contributed by atoms with Crippen molar-refractivity contribution in [2.75, 3.05) is 0 Å². The van der Waals surface area contributed by atoms with E-state index in [2.05, 4.69) is 0 Å². The maximum atomic E-state index is 0. The molecule has 0 aliphatic heterocycles. The molecule has 4 heteroatoms. The summed E-state index contributed by atoms with van der Waals surface area (Å²) >= 11 is 0. The molecular weight excluding hydrogens is 65.9 g/mol. The van der Waals surface area contributed by atoms with E-state index in [4.69, 9.17) is 0 Å². The maximum Gasteiger partial charge on any atom is 1.00 e. The van der Waals surface area contributed by atoms with Gasteiger partial charge in [-0.25, -0.2) is 0 Å². The molecule has 0 radical (unpaired) electrons. The number of hydrogen-bond acceptors (Lipinski definition) is 0. The molecule has 0 aromatic carbocycles. The van der Waals surface area contributed by atoms with Crippen LogP contribution in [0, 0.1) is 0 Å². The Kier molecular flexibility index (Phi) is 642. The Bertz CT molecular complexity index is 9.61. The predicted molar refractivity (Wildman–Crippen MR) is 18.3 cm³/mol. The van der Waals surface area contributed by atoms with E-state index in [9.17, 15) is 0 Å². The van der Waals surface area contributed by atoms with Crippen LogP contribution in [0.15, 0.2) is 0 Å². The van der Waals surface area contributed by atoms with Gasteiger partial charge in [-0.15, -0.1) is 0 Å². The van der Waals surface area contributed by atoms with Gasteiger partial charge in [0.2, 0.25) is 0 Å². The summed E-state index contributed by atoms with van der Waals surface area (Å²) in [4.78, 5) is 0. The monoisotopic (exact) mass is 74.0 g/mol. The van der Waals surface area contributed by atoms with Crippen LogP contribution in [0.3, 0.4) is 0 Å². The fourth-order valence-corrected chi connectivity index (χ4v) is 0. The Morgan fingerprint density at radius 2 is 1.00 bits per heavy atom. The molecule has 0 heterocycles. The fourth-order valence-electron chi connectivity index (χ4n) is 0. The van der Waals surface area contributed by atoms with Crippen LogP contribution < -0.4 is 18.9 Å². The molecule has 0 fully saturated rings. The molecule has 0 aromatic heterocycles. The van der Waals surface area contributed by atoms with Gasteiger partial charge >= 0.3 is 18.9 Å². The van der Waals surface area contributed by atoms with Crippen LogP contribution >= 0.6 is 0 Å². The molecule has 0 aliphatic carbocycles. The second kappa shape index (κ2) is 34.2. The molecule has 0 amide bonds. The molecule has 0 saturated heterocycles. The molecule has 0 rings (SSSR count). The summed E-state index contributed by atoms with van der Waals surface area (Å²) in [7, 11) is 0. The first-order valence-electron chi connectivity index (χ1n) is 0. The van der Waals surface area contributed by atoms with Gasteiger partial charge in [-0.05, 0) is 0 Å². The normalized spacial score (nSPS) is 0. The first kappa shape index (κ1) is 75.1. The minimum Gasteiger partial charge on any atom is -1.00 e. The maximum absolute atomic E-state index is 0. The van der Waals surface area contributed by atoms with E-state index < -0.39 is 0 Å². The van der Waals surface area contributed by atoms with Crippen molar-refractivity contribution >= 4 is 17.4 Å². The zero-order valence-electron chi connectivity index (χ0n) is 3.00. The summed E-state index contributed by atoms with van der Waals surface area (Å²) in [5.74, 6) is 0. The van der Waals surface area contributed by atoms with Crippen molar-refractivity contribution in [1.82, 2.24) is 0 Å². The Morgan fingerprint density at radius 3 is 1.00 bits per heavy atom. The summed E-state index contributed by atoms with van der Waals surface area (Å²) < 4.78 is 0. The van der Waals surface area contributed by atoms with E-state index >= 15 is 0 Å². The SMILES string of the molecule is O.O.[AlH3].[H-].[Li+]. The van der Waals surface area contributed by atoms with Crippen LogP contribution in [0.1, 0.15) is 1.43 Å². The Hall–Kier alpha value is 1.05. The average molecular weight is 74.0 g/mol. The van der Waals surface area contributed by atoms with Crippen molar-refractivity contribution in [2.24, 2.45) is 0 Å². The standard InChI is InChI=1S/Al.Li.2H2O.4H/h;;2*1H2;;;;/q;+1;;;;;;-1. The molecule has 4 N–H and O–H groups in total. The summed E-state index contributed by atoms with van der Waals surface area (Å²) in [5.41, 5.74) is 0. The van der Waals surface area contributed by atoms with Crippen molar-refractivity contribution in [1.29, 1.82) is 0 Å². The van der Waals surface area contributed by atoms with Gasteiger partial charge in [0.15, 0.2) is 17.4 Å². The van der Waals surface area contributed by atoms with E-state index in [1.165, 1.54) is 0 Å². The first-order chi connectivity index (χ1) is 0. The van der Waals surface area contributed by atoms with Crippen molar-refractivity contribution in [3.8, 4) is 0 Å². The van der Waals surface area contributed by atoms with Gasteiger partial charge in [0.05, 0.1) is 0 Å². The summed E-state index contributed by atoms with van der Waals surface area (Å²) in [6, 6.07) is 0. The van der Waals surface area contributed by atoms with Crippen molar-refractivity contribution < 1.29 is 31.2 Å². The second-order valence-corrected chi connectivity index (χ2v) is 0. The van der Waals surface area contributed by atoms with Gasteiger partial charge in [0.25, 0.3) is 0 Å². The molecule has 0 saturated carbocycles. The molecule has 24 valence electrons. The quantitative estimate of drug-likeness (QED) is 0.257. The number of hydrogen-bond donors (Lipinski definition) is 0.